The van der Waals surface area contributed by atoms with Gasteiger partial charge in [0.1, 0.15) is 5.76 Å². The van der Waals surface area contributed by atoms with Gasteiger partial charge in [0.15, 0.2) is 0 Å². The highest BCUT2D eigenvalue weighted by molar-refractivity contribution is 7.99. The Bertz CT molecular complexity index is 586. The second-order valence-electron chi connectivity index (χ2n) is 5.37. The topological polar surface area (TPSA) is 58.4 Å². The highest BCUT2D eigenvalue weighted by Crippen LogP contribution is 2.20. The first-order valence-electron chi connectivity index (χ1n) is 8.26. The number of hydrogen-bond acceptors (Lipinski definition) is 5. The number of carbonyl (C=O) groups is 1. The van der Waals surface area contributed by atoms with Crippen molar-refractivity contribution in [3.8, 4) is 0 Å². The molecule has 0 saturated heterocycles. The number of aromatic nitrogens is 1. The van der Waals surface area contributed by atoms with E-state index in [1.165, 1.54) is 0 Å². The van der Waals surface area contributed by atoms with Gasteiger partial charge in [-0.3, -0.25) is 14.7 Å². The smallest absolute Gasteiger partial charge is 0.230 e. The molecule has 0 aliphatic rings. The van der Waals surface area contributed by atoms with E-state index in [1.54, 1.807) is 24.2 Å². The number of nitrogens with one attached hydrogen (secondary N) is 1. The third-order valence-corrected chi connectivity index (χ3v) is 4.79. The molecular formula is C18H25N3O2S. The van der Waals surface area contributed by atoms with Gasteiger partial charge in [-0.15, -0.1) is 11.8 Å². The predicted octanol–water partition coefficient (Wildman–Crippen LogP) is 3.11. The molecule has 0 radical (unpaired) electrons. The summed E-state index contributed by atoms with van der Waals surface area (Å²) >= 11 is 1.57. The maximum atomic E-state index is 12.1. The minimum atomic E-state index is 0.0413. The fraction of sp³-hybridized carbons (Fsp3) is 0.444. The first kappa shape index (κ1) is 18.5. The third kappa shape index (κ3) is 5.69. The predicted molar refractivity (Wildman–Crippen MR) is 97.8 cm³/mol. The van der Waals surface area contributed by atoms with Crippen molar-refractivity contribution >= 4 is 17.7 Å². The molecule has 0 fully saturated rings. The number of pyridine rings is 1. The molecule has 130 valence electrons. The summed E-state index contributed by atoms with van der Waals surface area (Å²) in [6, 6.07) is 9.74. The summed E-state index contributed by atoms with van der Waals surface area (Å²) in [5.41, 5.74) is 0.993. The van der Waals surface area contributed by atoms with Crippen LogP contribution >= 0.6 is 11.8 Å². The molecule has 0 unspecified atom stereocenters. The lowest BCUT2D eigenvalue weighted by Crippen LogP contribution is -2.38. The number of amides is 1. The normalized spacial score (nSPS) is 12.3. The summed E-state index contributed by atoms with van der Waals surface area (Å²) in [5, 5.41) is 3.02. The number of likely N-dealkylation sites (N-methyl/N-ethyl adjacent to an activating group) is 1. The van der Waals surface area contributed by atoms with E-state index in [-0.39, 0.29) is 11.9 Å². The lowest BCUT2D eigenvalue weighted by Gasteiger charge is -2.28. The average molecular weight is 347 g/mol. The van der Waals surface area contributed by atoms with E-state index in [0.717, 1.165) is 30.3 Å². The van der Waals surface area contributed by atoms with Crippen LogP contribution in [-0.4, -0.2) is 41.2 Å². The van der Waals surface area contributed by atoms with E-state index in [9.17, 15) is 4.79 Å². The molecule has 0 aliphatic heterocycles. The zero-order valence-corrected chi connectivity index (χ0v) is 15.1. The van der Waals surface area contributed by atoms with E-state index in [1.807, 2.05) is 30.3 Å². The van der Waals surface area contributed by atoms with Crippen molar-refractivity contribution in [1.29, 1.82) is 0 Å². The van der Waals surface area contributed by atoms with Gasteiger partial charge in [-0.05, 0) is 37.4 Å². The van der Waals surface area contributed by atoms with Gasteiger partial charge >= 0.3 is 0 Å². The average Bonchev–Trinajstić information content (AvgIpc) is 3.14. The number of carbonyl (C=O) groups excluding carboxylic acids is 1. The second-order valence-corrected chi connectivity index (χ2v) is 6.36. The Hall–Kier alpha value is -1.79. The maximum absolute atomic E-state index is 12.1. The Kier molecular flexibility index (Phi) is 7.85. The van der Waals surface area contributed by atoms with Crippen LogP contribution in [0.15, 0.2) is 47.2 Å². The minimum Gasteiger partial charge on any atom is -0.468 e. The van der Waals surface area contributed by atoms with Crippen LogP contribution in [0, 0.1) is 0 Å². The van der Waals surface area contributed by atoms with E-state index in [2.05, 4.69) is 29.0 Å². The van der Waals surface area contributed by atoms with Crippen LogP contribution in [-0.2, 0) is 10.5 Å². The Morgan fingerprint density at radius 3 is 2.75 bits per heavy atom. The molecule has 1 N–H and O–H groups in total. The number of nitrogens with zero attached hydrogens (tertiary/aromatic N) is 2. The van der Waals surface area contributed by atoms with Crippen molar-refractivity contribution < 1.29 is 9.21 Å². The monoisotopic (exact) mass is 347 g/mol. The van der Waals surface area contributed by atoms with Gasteiger partial charge < -0.3 is 9.73 Å². The molecular weight excluding hydrogens is 322 g/mol. The van der Waals surface area contributed by atoms with Crippen LogP contribution in [0.25, 0.3) is 0 Å². The molecule has 0 aromatic carbocycles. The van der Waals surface area contributed by atoms with E-state index >= 15 is 0 Å². The third-order valence-electron chi connectivity index (χ3n) is 3.83. The fourth-order valence-electron chi connectivity index (χ4n) is 2.55. The maximum Gasteiger partial charge on any atom is 0.230 e. The zero-order valence-electron chi connectivity index (χ0n) is 14.3. The van der Waals surface area contributed by atoms with Gasteiger partial charge in [0.2, 0.25) is 5.91 Å². The largest absolute Gasteiger partial charge is 0.468 e. The van der Waals surface area contributed by atoms with Crippen molar-refractivity contribution in [3.05, 3.63) is 54.2 Å². The van der Waals surface area contributed by atoms with Gasteiger partial charge in [-0.1, -0.05) is 19.9 Å². The summed E-state index contributed by atoms with van der Waals surface area (Å²) < 4.78 is 5.55. The van der Waals surface area contributed by atoms with Crippen LogP contribution in [0.4, 0.5) is 0 Å². The Labute approximate surface area is 147 Å². The SMILES string of the molecule is CCN(CC)[C@@H](CNC(=O)CSCc1ccccn1)c1ccco1. The molecule has 0 saturated carbocycles. The summed E-state index contributed by atoms with van der Waals surface area (Å²) in [6.07, 6.45) is 3.45. The number of hydrogen-bond donors (Lipinski definition) is 1. The first-order chi connectivity index (χ1) is 11.7. The zero-order chi connectivity index (χ0) is 17.2. The highest BCUT2D eigenvalue weighted by Gasteiger charge is 2.21. The molecule has 2 aromatic rings. The number of rotatable bonds is 10. The van der Waals surface area contributed by atoms with Crippen LogP contribution in [0.2, 0.25) is 0 Å². The molecule has 5 nitrogen and oxygen atoms in total. The molecule has 0 spiro atoms. The molecule has 0 bridgehead atoms. The molecule has 1 atom stereocenters. The van der Waals surface area contributed by atoms with Crippen molar-refractivity contribution in [2.24, 2.45) is 0 Å². The molecule has 2 aromatic heterocycles. The van der Waals surface area contributed by atoms with Crippen LogP contribution in [0.5, 0.6) is 0 Å². The van der Waals surface area contributed by atoms with Crippen LogP contribution in [0.3, 0.4) is 0 Å². The van der Waals surface area contributed by atoms with Gasteiger partial charge in [0.25, 0.3) is 0 Å². The Morgan fingerprint density at radius 2 is 2.12 bits per heavy atom. The van der Waals surface area contributed by atoms with Crippen molar-refractivity contribution in [2.75, 3.05) is 25.4 Å². The van der Waals surface area contributed by atoms with Gasteiger partial charge in [-0.2, -0.15) is 0 Å². The lowest BCUT2D eigenvalue weighted by atomic mass is 10.2. The number of furan rings is 1. The highest BCUT2D eigenvalue weighted by atomic mass is 32.2. The lowest BCUT2D eigenvalue weighted by molar-refractivity contribution is -0.118. The first-order valence-corrected chi connectivity index (χ1v) is 9.41. The van der Waals surface area contributed by atoms with Crippen LogP contribution in [0.1, 0.15) is 31.3 Å². The standard InChI is InChI=1S/C18H25N3O2S/c1-3-21(4-2)16(17-9-7-11-23-17)12-20-18(22)14-24-13-15-8-5-6-10-19-15/h5-11,16H,3-4,12-14H2,1-2H3,(H,20,22)/t16-/m0/s1. The van der Waals surface area contributed by atoms with E-state index in [0.29, 0.717) is 12.3 Å². The van der Waals surface area contributed by atoms with Crippen molar-refractivity contribution in [1.82, 2.24) is 15.2 Å². The van der Waals surface area contributed by atoms with Crippen LogP contribution < -0.4 is 5.32 Å². The molecule has 6 heteroatoms. The summed E-state index contributed by atoms with van der Waals surface area (Å²) in [6.45, 7) is 6.60. The van der Waals surface area contributed by atoms with E-state index < -0.39 is 0 Å². The summed E-state index contributed by atoms with van der Waals surface area (Å²) in [7, 11) is 0. The molecule has 24 heavy (non-hydrogen) atoms. The summed E-state index contributed by atoms with van der Waals surface area (Å²) in [4.78, 5) is 18.6. The van der Waals surface area contributed by atoms with E-state index in [4.69, 9.17) is 4.42 Å². The Balaban J connectivity index is 1.79. The molecule has 2 rings (SSSR count). The molecule has 1 amide bonds. The van der Waals surface area contributed by atoms with Gasteiger partial charge in [0, 0.05) is 18.5 Å². The van der Waals surface area contributed by atoms with Crippen molar-refractivity contribution in [2.45, 2.75) is 25.6 Å². The Morgan fingerprint density at radius 1 is 1.29 bits per heavy atom. The molecule has 2 heterocycles. The van der Waals surface area contributed by atoms with Crippen molar-refractivity contribution in [3.63, 3.8) is 0 Å². The number of thioether (sulfide) groups is 1. The van der Waals surface area contributed by atoms with Gasteiger partial charge in [0.05, 0.1) is 23.8 Å². The quantitative estimate of drug-likeness (QED) is 0.716. The minimum absolute atomic E-state index is 0.0413. The second kappa shape index (κ2) is 10.2. The molecule has 0 aliphatic carbocycles. The fourth-order valence-corrected chi connectivity index (χ4v) is 3.32. The summed E-state index contributed by atoms with van der Waals surface area (Å²) in [5.74, 6) is 2.10. The van der Waals surface area contributed by atoms with Gasteiger partial charge in [-0.25, -0.2) is 0 Å².